The third kappa shape index (κ3) is 32.1. The van der Waals surface area contributed by atoms with E-state index in [0.717, 1.165) is 0 Å². The molecule has 1 aromatic carbocycles. The Hall–Kier alpha value is -1.35. The van der Waals surface area contributed by atoms with Crippen molar-refractivity contribution in [2.45, 2.75) is 194 Å². The first kappa shape index (κ1) is 42.6. The molecule has 258 valence electrons. The van der Waals surface area contributed by atoms with Gasteiger partial charge in [-0.15, -0.1) is 0 Å². The molecule has 1 N–H and O–H groups in total. The lowest BCUT2D eigenvalue weighted by molar-refractivity contribution is -0.890. The van der Waals surface area contributed by atoms with Gasteiger partial charge in [-0.1, -0.05) is 186 Å². The van der Waals surface area contributed by atoms with Crippen LogP contribution in [0.4, 0.5) is 0 Å². The molecule has 0 fully saturated rings. The smallest absolute Gasteiger partial charge is 0.335 e. The SMILES string of the molecule is CCCCCCCCCCCCCCCC[N+](C)(C)CCCCCCCCCCCCCCCC.O=C(O)c1ccccc1. The van der Waals surface area contributed by atoms with Gasteiger partial charge in [0.15, 0.2) is 0 Å². The number of aromatic carboxylic acids is 1. The zero-order valence-corrected chi connectivity index (χ0v) is 30.4. The third-order valence-corrected chi connectivity index (χ3v) is 9.25. The van der Waals surface area contributed by atoms with Crippen LogP contribution in [0.15, 0.2) is 30.3 Å². The van der Waals surface area contributed by atoms with Crippen molar-refractivity contribution in [2.75, 3.05) is 27.2 Å². The summed E-state index contributed by atoms with van der Waals surface area (Å²) in [5.74, 6) is -0.879. The van der Waals surface area contributed by atoms with Crippen molar-refractivity contribution in [2.24, 2.45) is 0 Å². The van der Waals surface area contributed by atoms with E-state index in [1.54, 1.807) is 30.3 Å². The fourth-order valence-corrected chi connectivity index (χ4v) is 6.16. The third-order valence-electron chi connectivity index (χ3n) is 9.25. The lowest BCUT2D eigenvalue weighted by Gasteiger charge is -2.30. The van der Waals surface area contributed by atoms with E-state index in [-0.39, 0.29) is 0 Å². The molecule has 0 bridgehead atoms. The topological polar surface area (TPSA) is 37.3 Å². The summed E-state index contributed by atoms with van der Waals surface area (Å²) in [6.45, 7) is 7.38. The predicted molar refractivity (Wildman–Crippen MR) is 196 cm³/mol. The molecule has 1 rings (SSSR count). The van der Waals surface area contributed by atoms with Gasteiger partial charge < -0.3 is 9.59 Å². The van der Waals surface area contributed by atoms with E-state index in [2.05, 4.69) is 27.9 Å². The van der Waals surface area contributed by atoms with E-state index in [9.17, 15) is 4.79 Å². The quantitative estimate of drug-likeness (QED) is 0.0665. The van der Waals surface area contributed by atoms with Crippen molar-refractivity contribution in [3.63, 3.8) is 0 Å². The highest BCUT2D eigenvalue weighted by atomic mass is 16.4. The maximum absolute atomic E-state index is 10.2. The second-order valence-corrected chi connectivity index (χ2v) is 14.2. The van der Waals surface area contributed by atoms with Crippen LogP contribution < -0.4 is 0 Å². The Kier molecular flexibility index (Phi) is 32.0. The zero-order valence-electron chi connectivity index (χ0n) is 30.4. The van der Waals surface area contributed by atoms with Gasteiger partial charge in [0.1, 0.15) is 0 Å². The van der Waals surface area contributed by atoms with E-state index in [1.165, 1.54) is 197 Å². The first-order valence-corrected chi connectivity index (χ1v) is 19.5. The Morgan fingerprint density at radius 3 is 0.932 bits per heavy atom. The van der Waals surface area contributed by atoms with Crippen molar-refractivity contribution in [3.05, 3.63) is 35.9 Å². The molecule has 0 amide bonds. The summed E-state index contributed by atoms with van der Waals surface area (Å²) in [5.41, 5.74) is 0.331. The number of nitrogens with zero attached hydrogens (tertiary/aromatic N) is 1. The Morgan fingerprint density at radius 1 is 0.455 bits per heavy atom. The molecule has 0 spiro atoms. The van der Waals surface area contributed by atoms with Gasteiger partial charge in [-0.05, 0) is 37.8 Å². The standard InChI is InChI=1S/C34H72N.C7H6O2/c1-5-7-9-11-13-15-17-19-21-23-25-27-29-31-33-35(3,4)34-32-30-28-26-24-22-20-18-16-14-12-10-8-6-2;8-7(9)6-4-2-1-3-5-6/h5-34H2,1-4H3;1-5H,(H,8,9)/q+1;. The van der Waals surface area contributed by atoms with Crippen LogP contribution in [-0.4, -0.2) is 42.7 Å². The number of benzene rings is 1. The van der Waals surface area contributed by atoms with E-state index in [4.69, 9.17) is 5.11 Å². The molecule has 1 aromatic rings. The van der Waals surface area contributed by atoms with Crippen molar-refractivity contribution in [1.29, 1.82) is 0 Å². The highest BCUT2D eigenvalue weighted by molar-refractivity contribution is 5.87. The highest BCUT2D eigenvalue weighted by Crippen LogP contribution is 2.16. The fraction of sp³-hybridized carbons (Fsp3) is 0.829. The first-order chi connectivity index (χ1) is 21.4. The minimum absolute atomic E-state index is 0.331. The maximum Gasteiger partial charge on any atom is 0.335 e. The van der Waals surface area contributed by atoms with Crippen LogP contribution in [0.3, 0.4) is 0 Å². The van der Waals surface area contributed by atoms with Gasteiger partial charge in [-0.25, -0.2) is 4.79 Å². The fourth-order valence-electron chi connectivity index (χ4n) is 6.16. The molecular formula is C41H78NO2+. The Morgan fingerprint density at radius 2 is 0.705 bits per heavy atom. The number of hydrogen-bond acceptors (Lipinski definition) is 1. The predicted octanol–water partition coefficient (Wildman–Crippen LogP) is 13.4. The van der Waals surface area contributed by atoms with Crippen molar-refractivity contribution < 1.29 is 14.4 Å². The average Bonchev–Trinajstić information content (AvgIpc) is 3.02. The average molecular weight is 617 g/mol. The summed E-state index contributed by atoms with van der Waals surface area (Å²) in [6.07, 6.45) is 40.9. The van der Waals surface area contributed by atoms with Gasteiger partial charge in [-0.3, -0.25) is 0 Å². The number of rotatable bonds is 31. The van der Waals surface area contributed by atoms with Crippen LogP contribution in [0.1, 0.15) is 204 Å². The molecule has 0 aliphatic heterocycles. The molecule has 0 aliphatic rings. The Balaban J connectivity index is 0.00000174. The van der Waals surface area contributed by atoms with Gasteiger partial charge >= 0.3 is 5.97 Å². The van der Waals surface area contributed by atoms with Gasteiger partial charge in [0.2, 0.25) is 0 Å². The van der Waals surface area contributed by atoms with Crippen molar-refractivity contribution >= 4 is 5.97 Å². The number of carbonyl (C=O) groups is 1. The van der Waals surface area contributed by atoms with Crippen molar-refractivity contribution in [1.82, 2.24) is 0 Å². The molecule has 0 heterocycles. The van der Waals surface area contributed by atoms with Gasteiger partial charge in [0, 0.05) is 0 Å². The summed E-state index contributed by atoms with van der Waals surface area (Å²) in [7, 11) is 4.93. The summed E-state index contributed by atoms with van der Waals surface area (Å²) < 4.78 is 1.25. The lowest BCUT2D eigenvalue weighted by Crippen LogP contribution is -2.41. The van der Waals surface area contributed by atoms with Crippen molar-refractivity contribution in [3.8, 4) is 0 Å². The lowest BCUT2D eigenvalue weighted by atomic mass is 10.0. The number of hydrogen-bond donors (Lipinski definition) is 1. The molecule has 0 saturated heterocycles. The molecule has 0 aromatic heterocycles. The van der Waals surface area contributed by atoms with E-state index >= 15 is 0 Å². The van der Waals surface area contributed by atoms with Crippen LogP contribution in [0, 0.1) is 0 Å². The first-order valence-electron chi connectivity index (χ1n) is 19.5. The highest BCUT2D eigenvalue weighted by Gasteiger charge is 2.13. The van der Waals surface area contributed by atoms with E-state index < -0.39 is 5.97 Å². The van der Waals surface area contributed by atoms with Gasteiger partial charge in [0.25, 0.3) is 0 Å². The maximum atomic E-state index is 10.2. The zero-order chi connectivity index (χ0) is 32.4. The largest absolute Gasteiger partial charge is 0.478 e. The summed E-state index contributed by atoms with van der Waals surface area (Å²) >= 11 is 0. The minimum atomic E-state index is -0.879. The molecular weight excluding hydrogens is 538 g/mol. The second kappa shape index (κ2) is 33.0. The molecule has 0 atom stereocenters. The number of quaternary nitrogens is 1. The molecule has 3 nitrogen and oxygen atoms in total. The number of carboxylic acid groups (broad SMARTS) is 1. The van der Waals surface area contributed by atoms with E-state index in [1.807, 2.05) is 0 Å². The van der Waals surface area contributed by atoms with Crippen LogP contribution in [0.2, 0.25) is 0 Å². The van der Waals surface area contributed by atoms with Crippen LogP contribution in [0.25, 0.3) is 0 Å². The molecule has 0 aliphatic carbocycles. The minimum Gasteiger partial charge on any atom is -0.478 e. The Bertz CT molecular complexity index is 668. The Labute approximate surface area is 276 Å². The monoisotopic (exact) mass is 617 g/mol. The second-order valence-electron chi connectivity index (χ2n) is 14.2. The van der Waals surface area contributed by atoms with Crippen LogP contribution >= 0.6 is 0 Å². The van der Waals surface area contributed by atoms with Gasteiger partial charge in [0.05, 0.1) is 32.7 Å². The molecule has 3 heteroatoms. The van der Waals surface area contributed by atoms with Gasteiger partial charge in [-0.2, -0.15) is 0 Å². The van der Waals surface area contributed by atoms with Crippen LogP contribution in [-0.2, 0) is 0 Å². The molecule has 0 unspecified atom stereocenters. The summed E-state index contributed by atoms with van der Waals surface area (Å²) in [5, 5.41) is 8.38. The summed E-state index contributed by atoms with van der Waals surface area (Å²) in [6, 6.07) is 8.30. The van der Waals surface area contributed by atoms with Crippen LogP contribution in [0.5, 0.6) is 0 Å². The summed E-state index contributed by atoms with van der Waals surface area (Å²) in [4.78, 5) is 10.2. The molecule has 0 radical (unpaired) electrons. The normalized spacial score (nSPS) is 11.4. The van der Waals surface area contributed by atoms with E-state index in [0.29, 0.717) is 5.56 Å². The number of unbranched alkanes of at least 4 members (excludes halogenated alkanes) is 26. The molecule has 44 heavy (non-hydrogen) atoms. The molecule has 0 saturated carbocycles. The number of carboxylic acids is 1.